The van der Waals surface area contributed by atoms with E-state index in [9.17, 15) is 14.4 Å². The Morgan fingerprint density at radius 2 is 1.67 bits per heavy atom. The summed E-state index contributed by atoms with van der Waals surface area (Å²) >= 11 is 0. The van der Waals surface area contributed by atoms with Crippen LogP contribution in [0.25, 0.3) is 0 Å². The summed E-state index contributed by atoms with van der Waals surface area (Å²) in [5, 5.41) is 9.01. The first kappa shape index (κ1) is 21.3. The number of amides is 2. The third-order valence-electron chi connectivity index (χ3n) is 5.34. The van der Waals surface area contributed by atoms with Gasteiger partial charge in [-0.1, -0.05) is 19.1 Å². The van der Waals surface area contributed by atoms with E-state index in [4.69, 9.17) is 5.11 Å². The minimum absolute atomic E-state index is 0. The second-order valence-corrected chi connectivity index (χ2v) is 6.84. The summed E-state index contributed by atoms with van der Waals surface area (Å²) in [6.07, 6.45) is 1.81. The lowest BCUT2D eigenvalue weighted by atomic mass is 10.0. The molecule has 0 saturated carbocycles. The third kappa shape index (κ3) is 4.66. The van der Waals surface area contributed by atoms with Gasteiger partial charge in [-0.15, -0.1) is 12.4 Å². The van der Waals surface area contributed by atoms with E-state index in [0.29, 0.717) is 24.2 Å². The Morgan fingerprint density at radius 1 is 1.11 bits per heavy atom. The van der Waals surface area contributed by atoms with Crippen molar-refractivity contribution < 1.29 is 19.5 Å². The molecule has 27 heavy (non-hydrogen) atoms. The van der Waals surface area contributed by atoms with Crippen molar-refractivity contribution in [3.8, 4) is 0 Å². The maximum absolute atomic E-state index is 12.4. The Morgan fingerprint density at radius 3 is 2.15 bits per heavy atom. The molecule has 2 amide bonds. The molecule has 1 fully saturated rings. The molecule has 2 heterocycles. The molecule has 0 bridgehead atoms. The number of carbonyl (C=O) groups is 3. The second kappa shape index (κ2) is 9.30. The normalized spacial score (nSPS) is 17.9. The maximum Gasteiger partial charge on any atom is 0.317 e. The van der Waals surface area contributed by atoms with Crippen molar-refractivity contribution in [1.29, 1.82) is 0 Å². The fraction of sp³-hybridized carbons (Fsp3) is 0.526. The van der Waals surface area contributed by atoms with E-state index in [1.54, 1.807) is 24.3 Å². The fourth-order valence-electron chi connectivity index (χ4n) is 3.86. The molecule has 7 nitrogen and oxygen atoms in total. The maximum atomic E-state index is 12.4. The molecule has 1 N–H and O–H groups in total. The zero-order chi connectivity index (χ0) is 18.7. The van der Waals surface area contributed by atoms with E-state index < -0.39 is 5.97 Å². The van der Waals surface area contributed by atoms with E-state index in [2.05, 4.69) is 4.90 Å². The van der Waals surface area contributed by atoms with Crippen molar-refractivity contribution in [3.63, 3.8) is 0 Å². The summed E-state index contributed by atoms with van der Waals surface area (Å²) in [6, 6.07) is 7.22. The minimum atomic E-state index is -0.792. The molecule has 0 radical (unpaired) electrons. The Kier molecular flexibility index (Phi) is 7.35. The lowest BCUT2D eigenvalue weighted by Crippen LogP contribution is -2.48. The van der Waals surface area contributed by atoms with Crippen molar-refractivity contribution in [1.82, 2.24) is 14.7 Å². The molecular formula is C19H26ClN3O4. The first-order valence-electron chi connectivity index (χ1n) is 9.14. The van der Waals surface area contributed by atoms with Gasteiger partial charge in [-0.2, -0.15) is 0 Å². The summed E-state index contributed by atoms with van der Waals surface area (Å²) in [6.45, 7) is 5.54. The number of carboxylic acids is 1. The smallest absolute Gasteiger partial charge is 0.317 e. The number of likely N-dealkylation sites (tertiary alicyclic amines) is 1. The number of hydrogen-bond donors (Lipinski definition) is 1. The number of halogens is 1. The van der Waals surface area contributed by atoms with E-state index >= 15 is 0 Å². The molecular weight excluding hydrogens is 370 g/mol. The van der Waals surface area contributed by atoms with Crippen molar-refractivity contribution in [2.45, 2.75) is 25.8 Å². The highest BCUT2D eigenvalue weighted by atomic mass is 35.5. The Bertz CT molecular complexity index is 669. The van der Waals surface area contributed by atoms with Crippen molar-refractivity contribution >= 4 is 30.2 Å². The summed E-state index contributed by atoms with van der Waals surface area (Å²) in [4.78, 5) is 41.3. The number of piperidine rings is 1. The number of nitrogens with zero attached hydrogens (tertiary/aromatic N) is 3. The molecule has 1 aromatic rings. The molecule has 0 aliphatic carbocycles. The van der Waals surface area contributed by atoms with Crippen LogP contribution >= 0.6 is 12.4 Å². The van der Waals surface area contributed by atoms with Gasteiger partial charge in [-0.25, -0.2) is 0 Å². The monoisotopic (exact) mass is 395 g/mol. The number of hydrogen-bond acceptors (Lipinski definition) is 5. The van der Waals surface area contributed by atoms with Gasteiger partial charge in [0, 0.05) is 19.1 Å². The van der Waals surface area contributed by atoms with Crippen LogP contribution < -0.4 is 0 Å². The van der Waals surface area contributed by atoms with E-state index in [0.717, 1.165) is 32.5 Å². The number of imide groups is 1. The quantitative estimate of drug-likeness (QED) is 0.706. The van der Waals surface area contributed by atoms with Crippen LogP contribution in [0.1, 0.15) is 40.5 Å². The molecule has 0 atom stereocenters. The predicted octanol–water partition coefficient (Wildman–Crippen LogP) is 1.58. The van der Waals surface area contributed by atoms with E-state index in [1.807, 2.05) is 11.8 Å². The number of carbonyl (C=O) groups excluding carboxylic acids is 2. The van der Waals surface area contributed by atoms with Crippen LogP contribution in [-0.2, 0) is 4.79 Å². The molecule has 148 valence electrons. The van der Waals surface area contributed by atoms with Crippen LogP contribution in [0, 0.1) is 0 Å². The van der Waals surface area contributed by atoms with E-state index in [1.165, 1.54) is 4.90 Å². The summed E-state index contributed by atoms with van der Waals surface area (Å²) in [5.41, 5.74) is 0.979. The van der Waals surface area contributed by atoms with Gasteiger partial charge in [0.1, 0.15) is 0 Å². The van der Waals surface area contributed by atoms with Crippen LogP contribution in [0.2, 0.25) is 0 Å². The van der Waals surface area contributed by atoms with Gasteiger partial charge in [0.2, 0.25) is 0 Å². The lowest BCUT2D eigenvalue weighted by Gasteiger charge is -2.37. The zero-order valence-corrected chi connectivity index (χ0v) is 16.3. The highest BCUT2D eigenvalue weighted by molar-refractivity contribution is 6.21. The average molecular weight is 396 g/mol. The Labute approximate surface area is 165 Å². The molecule has 2 aliphatic rings. The average Bonchev–Trinajstić information content (AvgIpc) is 2.89. The molecule has 0 aromatic heterocycles. The number of rotatable bonds is 7. The highest BCUT2D eigenvalue weighted by Crippen LogP contribution is 2.22. The molecule has 3 rings (SSSR count). The molecule has 0 unspecified atom stereocenters. The fourth-order valence-corrected chi connectivity index (χ4v) is 3.86. The molecule has 1 aromatic carbocycles. The first-order valence-corrected chi connectivity index (χ1v) is 9.14. The molecule has 8 heteroatoms. The first-order chi connectivity index (χ1) is 12.5. The van der Waals surface area contributed by atoms with Gasteiger partial charge in [0.05, 0.1) is 17.7 Å². The topological polar surface area (TPSA) is 81.2 Å². The van der Waals surface area contributed by atoms with Crippen molar-refractivity contribution in [3.05, 3.63) is 35.4 Å². The minimum Gasteiger partial charge on any atom is -0.480 e. The van der Waals surface area contributed by atoms with Gasteiger partial charge in [-0.3, -0.25) is 24.2 Å². The summed E-state index contributed by atoms with van der Waals surface area (Å²) < 4.78 is 0. The standard InChI is InChI=1S/C19H25N3O4.ClH/c1-2-21(13-17(23)24)14-7-9-20(10-8-14)11-12-22-18(25)15-5-3-4-6-16(15)19(22)26;/h3-6,14H,2,7-13H2,1H3,(H,23,24);1H. The lowest BCUT2D eigenvalue weighted by molar-refractivity contribution is -0.139. The van der Waals surface area contributed by atoms with Gasteiger partial charge in [0.15, 0.2) is 0 Å². The van der Waals surface area contributed by atoms with Crippen LogP contribution in [0.3, 0.4) is 0 Å². The van der Waals surface area contributed by atoms with Gasteiger partial charge in [0.25, 0.3) is 11.8 Å². The van der Waals surface area contributed by atoms with Crippen LogP contribution in [0.5, 0.6) is 0 Å². The van der Waals surface area contributed by atoms with Gasteiger partial charge < -0.3 is 10.0 Å². The van der Waals surface area contributed by atoms with E-state index in [-0.39, 0.29) is 36.8 Å². The predicted molar refractivity (Wildman–Crippen MR) is 103 cm³/mol. The zero-order valence-electron chi connectivity index (χ0n) is 15.5. The van der Waals surface area contributed by atoms with Crippen molar-refractivity contribution in [2.24, 2.45) is 0 Å². The van der Waals surface area contributed by atoms with Gasteiger partial charge in [-0.05, 0) is 44.6 Å². The summed E-state index contributed by atoms with van der Waals surface area (Å²) in [5.74, 6) is -1.21. The van der Waals surface area contributed by atoms with Crippen molar-refractivity contribution in [2.75, 3.05) is 39.3 Å². The van der Waals surface area contributed by atoms with Crippen LogP contribution in [0.15, 0.2) is 24.3 Å². The number of likely N-dealkylation sites (N-methyl/N-ethyl adjacent to an activating group) is 1. The SMILES string of the molecule is CCN(CC(=O)O)C1CCN(CCN2C(=O)c3ccccc3C2=O)CC1.Cl. The number of benzene rings is 1. The molecule has 1 saturated heterocycles. The van der Waals surface area contributed by atoms with Gasteiger partial charge >= 0.3 is 5.97 Å². The molecule has 0 spiro atoms. The highest BCUT2D eigenvalue weighted by Gasteiger charge is 2.35. The summed E-state index contributed by atoms with van der Waals surface area (Å²) in [7, 11) is 0. The Balaban J connectivity index is 0.00000261. The number of aliphatic carboxylic acids is 1. The van der Waals surface area contributed by atoms with Crippen LogP contribution in [0.4, 0.5) is 0 Å². The van der Waals surface area contributed by atoms with Crippen LogP contribution in [-0.4, -0.2) is 82.9 Å². The third-order valence-corrected chi connectivity index (χ3v) is 5.34. The second-order valence-electron chi connectivity index (χ2n) is 6.84. The number of fused-ring (bicyclic) bond motifs is 1. The number of carboxylic acid groups (broad SMARTS) is 1. The largest absolute Gasteiger partial charge is 0.480 e. The Hall–Kier alpha value is -1.96. The molecule has 2 aliphatic heterocycles.